The third kappa shape index (κ3) is 5.87. The van der Waals surface area contributed by atoms with E-state index in [1.54, 1.807) is 17.6 Å². The molecule has 1 aliphatic carbocycles. The maximum absolute atomic E-state index is 5.42. The molecule has 2 N–H and O–H groups in total. The average molecular weight is 375 g/mol. The Morgan fingerprint density at radius 1 is 1.38 bits per heavy atom. The third-order valence-corrected chi connectivity index (χ3v) is 5.92. The van der Waals surface area contributed by atoms with Gasteiger partial charge in [0.05, 0.1) is 17.8 Å². The summed E-state index contributed by atoms with van der Waals surface area (Å²) in [4.78, 5) is 10.6. The van der Waals surface area contributed by atoms with Gasteiger partial charge in [0.15, 0.2) is 5.96 Å². The van der Waals surface area contributed by atoms with Crippen molar-refractivity contribution < 1.29 is 4.42 Å². The van der Waals surface area contributed by atoms with E-state index < -0.39 is 0 Å². The monoisotopic (exact) mass is 374 g/mol. The molecule has 26 heavy (non-hydrogen) atoms. The van der Waals surface area contributed by atoms with Crippen LogP contribution in [0.3, 0.4) is 0 Å². The maximum Gasteiger partial charge on any atom is 0.191 e. The summed E-state index contributed by atoms with van der Waals surface area (Å²) in [6.45, 7) is 5.86. The molecule has 1 fully saturated rings. The molecule has 142 valence electrons. The van der Waals surface area contributed by atoms with Crippen molar-refractivity contribution in [1.82, 2.24) is 15.6 Å². The number of hydrogen-bond donors (Lipinski definition) is 2. The van der Waals surface area contributed by atoms with Gasteiger partial charge >= 0.3 is 0 Å². The minimum Gasteiger partial charge on any atom is -0.469 e. The molecule has 0 saturated heterocycles. The highest BCUT2D eigenvalue weighted by Gasteiger charge is 2.15. The van der Waals surface area contributed by atoms with Crippen LogP contribution in [0.25, 0.3) is 0 Å². The predicted octanol–water partition coefficient (Wildman–Crippen LogP) is 4.26. The molecule has 2 aromatic rings. The van der Waals surface area contributed by atoms with Crippen molar-refractivity contribution in [2.45, 2.75) is 64.3 Å². The number of nitrogens with zero attached hydrogens (tertiary/aromatic N) is 2. The van der Waals surface area contributed by atoms with E-state index in [0.29, 0.717) is 12.0 Å². The topological polar surface area (TPSA) is 62.5 Å². The summed E-state index contributed by atoms with van der Waals surface area (Å²) >= 11 is 1.77. The molecule has 0 spiro atoms. The summed E-state index contributed by atoms with van der Waals surface area (Å²) in [5, 5.41) is 8.28. The number of furan rings is 1. The van der Waals surface area contributed by atoms with Crippen LogP contribution in [0.5, 0.6) is 0 Å². The number of thiazole rings is 1. The second kappa shape index (κ2) is 9.76. The van der Waals surface area contributed by atoms with Crippen LogP contribution >= 0.6 is 11.3 Å². The van der Waals surface area contributed by atoms with Crippen molar-refractivity contribution in [2.75, 3.05) is 13.1 Å². The Balaban J connectivity index is 1.56. The Bertz CT molecular complexity index is 674. The first-order chi connectivity index (χ1) is 12.7. The minimum atomic E-state index is 0.337. The van der Waals surface area contributed by atoms with E-state index >= 15 is 0 Å². The van der Waals surface area contributed by atoms with Crippen molar-refractivity contribution >= 4 is 17.3 Å². The number of nitrogens with one attached hydrogen (secondary N) is 2. The molecular weight excluding hydrogens is 344 g/mol. The van der Waals surface area contributed by atoms with E-state index in [9.17, 15) is 0 Å². The summed E-state index contributed by atoms with van der Waals surface area (Å²) in [6.07, 6.45) is 11.0. The number of aryl methyl sites for hydroxylation is 1. The fourth-order valence-corrected chi connectivity index (χ4v) is 4.07. The predicted molar refractivity (Wildman–Crippen MR) is 108 cm³/mol. The zero-order chi connectivity index (χ0) is 18.2. The quantitative estimate of drug-likeness (QED) is 0.561. The van der Waals surface area contributed by atoms with Crippen molar-refractivity contribution in [3.63, 3.8) is 0 Å². The lowest BCUT2D eigenvalue weighted by atomic mass is 9.96. The molecule has 5 nitrogen and oxygen atoms in total. The van der Waals surface area contributed by atoms with Gasteiger partial charge in [-0.25, -0.2) is 4.98 Å². The molecule has 6 heteroatoms. The fourth-order valence-electron chi connectivity index (χ4n) is 3.26. The SMILES string of the molecule is Cc1cnc(C(C)CN=C(NCCc2ccco2)NC2CCCCC2)s1. The molecule has 3 rings (SSSR count). The van der Waals surface area contributed by atoms with E-state index in [1.165, 1.54) is 42.0 Å². The van der Waals surface area contributed by atoms with Crippen molar-refractivity contribution in [3.8, 4) is 0 Å². The van der Waals surface area contributed by atoms with Crippen LogP contribution < -0.4 is 10.6 Å². The zero-order valence-electron chi connectivity index (χ0n) is 15.8. The van der Waals surface area contributed by atoms with E-state index in [1.807, 2.05) is 18.3 Å². The number of guanidine groups is 1. The summed E-state index contributed by atoms with van der Waals surface area (Å²) < 4.78 is 5.42. The van der Waals surface area contributed by atoms with Gasteiger partial charge in [-0.1, -0.05) is 26.2 Å². The van der Waals surface area contributed by atoms with Crippen LogP contribution in [0.15, 0.2) is 34.0 Å². The van der Waals surface area contributed by atoms with Crippen molar-refractivity contribution in [3.05, 3.63) is 40.2 Å². The molecule has 0 aliphatic heterocycles. The van der Waals surface area contributed by atoms with E-state index in [2.05, 4.69) is 29.5 Å². The van der Waals surface area contributed by atoms with Crippen molar-refractivity contribution in [2.24, 2.45) is 4.99 Å². The van der Waals surface area contributed by atoms with Gasteiger partial charge in [0.1, 0.15) is 5.76 Å². The van der Waals surface area contributed by atoms with E-state index in [-0.39, 0.29) is 0 Å². The molecule has 0 radical (unpaired) electrons. The number of hydrogen-bond acceptors (Lipinski definition) is 4. The smallest absolute Gasteiger partial charge is 0.191 e. The lowest BCUT2D eigenvalue weighted by molar-refractivity contribution is 0.409. The van der Waals surface area contributed by atoms with Crippen LogP contribution in [0, 0.1) is 6.92 Å². The van der Waals surface area contributed by atoms with Crippen molar-refractivity contribution in [1.29, 1.82) is 0 Å². The van der Waals surface area contributed by atoms with E-state index in [4.69, 9.17) is 9.41 Å². The Morgan fingerprint density at radius 2 is 2.23 bits per heavy atom. The zero-order valence-corrected chi connectivity index (χ0v) is 16.6. The van der Waals surface area contributed by atoms with Crippen LogP contribution in [0.1, 0.15) is 60.6 Å². The number of aliphatic imine (C=N–C) groups is 1. The van der Waals surface area contributed by atoms with Gasteiger partial charge in [0.2, 0.25) is 0 Å². The summed E-state index contributed by atoms with van der Waals surface area (Å²) in [5.41, 5.74) is 0. The normalized spacial score (nSPS) is 17.2. The standard InChI is InChI=1S/C20H30N4OS/c1-15(19-22-14-16(2)26-19)13-23-20(24-17-7-4-3-5-8-17)21-11-10-18-9-6-12-25-18/h6,9,12,14-15,17H,3-5,7-8,10-11,13H2,1-2H3,(H2,21,23,24). The molecule has 1 atom stereocenters. The molecule has 1 unspecified atom stereocenters. The van der Waals surface area contributed by atoms with Crippen LogP contribution in [-0.2, 0) is 6.42 Å². The second-order valence-electron chi connectivity index (χ2n) is 7.13. The molecule has 2 heterocycles. The first-order valence-corrected chi connectivity index (χ1v) is 10.5. The molecule has 0 aromatic carbocycles. The Kier molecular flexibility index (Phi) is 7.12. The summed E-state index contributed by atoms with van der Waals surface area (Å²) in [6, 6.07) is 4.48. The minimum absolute atomic E-state index is 0.337. The van der Waals surface area contributed by atoms with Gasteiger partial charge in [0, 0.05) is 36.0 Å². The van der Waals surface area contributed by atoms with Crippen LogP contribution in [0.4, 0.5) is 0 Å². The van der Waals surface area contributed by atoms with Gasteiger partial charge in [0.25, 0.3) is 0 Å². The molecule has 0 bridgehead atoms. The van der Waals surface area contributed by atoms with E-state index in [0.717, 1.165) is 31.2 Å². The van der Waals surface area contributed by atoms with Gasteiger partial charge in [-0.15, -0.1) is 11.3 Å². The molecule has 1 aliphatic rings. The first kappa shape index (κ1) is 19.0. The lowest BCUT2D eigenvalue weighted by Crippen LogP contribution is -2.45. The van der Waals surface area contributed by atoms with Crippen LogP contribution in [-0.4, -0.2) is 30.1 Å². The highest BCUT2D eigenvalue weighted by molar-refractivity contribution is 7.11. The Hall–Kier alpha value is -1.82. The summed E-state index contributed by atoms with van der Waals surface area (Å²) in [5.74, 6) is 2.26. The largest absolute Gasteiger partial charge is 0.469 e. The Labute approximate surface area is 160 Å². The summed E-state index contributed by atoms with van der Waals surface area (Å²) in [7, 11) is 0. The number of rotatable bonds is 7. The van der Waals surface area contributed by atoms with Gasteiger partial charge in [-0.2, -0.15) is 0 Å². The molecule has 1 saturated carbocycles. The molecule has 0 amide bonds. The molecular formula is C20H30N4OS. The first-order valence-electron chi connectivity index (χ1n) is 9.70. The van der Waals surface area contributed by atoms with Crippen LogP contribution in [0.2, 0.25) is 0 Å². The lowest BCUT2D eigenvalue weighted by Gasteiger charge is -2.25. The maximum atomic E-state index is 5.42. The van der Waals surface area contributed by atoms with Gasteiger partial charge < -0.3 is 15.1 Å². The highest BCUT2D eigenvalue weighted by Crippen LogP contribution is 2.21. The second-order valence-corrected chi connectivity index (χ2v) is 8.40. The highest BCUT2D eigenvalue weighted by atomic mass is 32.1. The Morgan fingerprint density at radius 3 is 2.92 bits per heavy atom. The fraction of sp³-hybridized carbons (Fsp3) is 0.600. The molecule has 2 aromatic heterocycles. The van der Waals surface area contributed by atoms with Gasteiger partial charge in [-0.05, 0) is 31.9 Å². The number of aromatic nitrogens is 1. The van der Waals surface area contributed by atoms with Gasteiger partial charge in [-0.3, -0.25) is 4.99 Å². The average Bonchev–Trinajstić information content (AvgIpc) is 3.32. The third-order valence-electron chi connectivity index (χ3n) is 4.77.